The second-order valence-electron chi connectivity index (χ2n) is 6.65. The Labute approximate surface area is 115 Å². The average Bonchev–Trinajstić information content (AvgIpc) is 2.54. The first-order chi connectivity index (χ1) is 8.98. The van der Waals surface area contributed by atoms with Crippen LogP contribution >= 0.6 is 0 Å². The molecular weight excluding hydrogens is 242 g/mol. The Morgan fingerprint density at radius 2 is 1.89 bits per heavy atom. The molecule has 4 heteroatoms. The maximum absolute atomic E-state index is 10.9. The van der Waals surface area contributed by atoms with Crippen molar-refractivity contribution in [3.63, 3.8) is 0 Å². The van der Waals surface area contributed by atoms with Gasteiger partial charge < -0.3 is 15.1 Å². The van der Waals surface area contributed by atoms with Gasteiger partial charge in [0.1, 0.15) is 0 Å². The topological polar surface area (TPSA) is 60.8 Å². The first kappa shape index (κ1) is 14.8. The van der Waals surface area contributed by atoms with Crippen LogP contribution in [0.5, 0.6) is 0 Å². The van der Waals surface area contributed by atoms with Crippen molar-refractivity contribution < 1.29 is 15.0 Å². The zero-order valence-corrected chi connectivity index (χ0v) is 12.0. The molecule has 1 saturated heterocycles. The quantitative estimate of drug-likeness (QED) is 0.824. The van der Waals surface area contributed by atoms with Crippen LogP contribution in [0.25, 0.3) is 0 Å². The van der Waals surface area contributed by atoms with Crippen LogP contribution < -0.4 is 0 Å². The number of carboxylic acid groups (broad SMARTS) is 1. The van der Waals surface area contributed by atoms with Crippen molar-refractivity contribution in [3.8, 4) is 0 Å². The highest BCUT2D eigenvalue weighted by Gasteiger charge is 2.37. The van der Waals surface area contributed by atoms with Gasteiger partial charge in [0, 0.05) is 6.54 Å². The van der Waals surface area contributed by atoms with E-state index in [1.54, 1.807) is 0 Å². The van der Waals surface area contributed by atoms with Crippen LogP contribution in [0.1, 0.15) is 51.9 Å². The summed E-state index contributed by atoms with van der Waals surface area (Å²) >= 11 is 0. The predicted octanol–water partition coefficient (Wildman–Crippen LogP) is 2.11. The molecule has 0 aromatic heterocycles. The molecule has 1 aliphatic heterocycles. The molecule has 0 spiro atoms. The first-order valence-corrected chi connectivity index (χ1v) is 7.66. The number of nitrogens with zero attached hydrogens (tertiary/aromatic N) is 1. The number of hydrogen-bond acceptors (Lipinski definition) is 3. The van der Waals surface area contributed by atoms with Gasteiger partial charge in [0.15, 0.2) is 0 Å². The summed E-state index contributed by atoms with van der Waals surface area (Å²) in [7, 11) is 0. The molecular formula is C15H27NO3. The summed E-state index contributed by atoms with van der Waals surface area (Å²) in [6.07, 6.45) is 6.23. The number of carboxylic acids is 1. The summed E-state index contributed by atoms with van der Waals surface area (Å²) in [6, 6.07) is 0. The van der Waals surface area contributed by atoms with Crippen LogP contribution in [0.4, 0.5) is 0 Å². The van der Waals surface area contributed by atoms with Gasteiger partial charge in [0.05, 0.1) is 11.5 Å². The molecule has 1 unspecified atom stereocenters. The Balaban J connectivity index is 1.83. The normalized spacial score (nSPS) is 37.8. The minimum absolute atomic E-state index is 0.246. The number of aliphatic carboxylic acids is 1. The Bertz CT molecular complexity index is 311. The summed E-state index contributed by atoms with van der Waals surface area (Å²) in [6.45, 7) is 5.18. The third-order valence-electron chi connectivity index (χ3n) is 4.89. The van der Waals surface area contributed by atoms with Gasteiger partial charge in [-0.05, 0) is 64.0 Å². The van der Waals surface area contributed by atoms with E-state index >= 15 is 0 Å². The fraction of sp³-hybridized carbons (Fsp3) is 0.933. The SMILES string of the molecule is CC1CCCN(CC2(O)CCC(C(=O)O)CC2)CC1. The van der Waals surface area contributed by atoms with Crippen LogP contribution in [0.3, 0.4) is 0 Å². The zero-order chi connectivity index (χ0) is 13.9. The second kappa shape index (κ2) is 6.23. The molecule has 0 amide bonds. The van der Waals surface area contributed by atoms with Crippen LogP contribution in [-0.2, 0) is 4.79 Å². The maximum Gasteiger partial charge on any atom is 0.306 e. The number of likely N-dealkylation sites (tertiary alicyclic amines) is 1. The molecule has 0 bridgehead atoms. The van der Waals surface area contributed by atoms with Crippen LogP contribution in [0.2, 0.25) is 0 Å². The number of carbonyl (C=O) groups is 1. The molecule has 1 aliphatic carbocycles. The van der Waals surface area contributed by atoms with Crippen molar-refractivity contribution in [3.05, 3.63) is 0 Å². The predicted molar refractivity (Wildman–Crippen MR) is 74.0 cm³/mol. The lowest BCUT2D eigenvalue weighted by Crippen LogP contribution is -2.46. The minimum atomic E-state index is -0.703. The van der Waals surface area contributed by atoms with Gasteiger partial charge in [0.2, 0.25) is 0 Å². The standard InChI is InChI=1S/C15H27NO3/c1-12-3-2-9-16(10-6-12)11-15(19)7-4-13(5-8-15)14(17)18/h12-13,19H,2-11H2,1H3,(H,17,18). The Morgan fingerprint density at radius 3 is 2.53 bits per heavy atom. The third-order valence-corrected chi connectivity index (χ3v) is 4.89. The molecule has 1 atom stereocenters. The minimum Gasteiger partial charge on any atom is -0.481 e. The lowest BCUT2D eigenvalue weighted by molar-refractivity contribution is -0.145. The van der Waals surface area contributed by atoms with Crippen molar-refractivity contribution >= 4 is 5.97 Å². The Hall–Kier alpha value is -0.610. The molecule has 0 aromatic rings. The van der Waals surface area contributed by atoms with Crippen molar-refractivity contribution in [1.29, 1.82) is 0 Å². The van der Waals surface area contributed by atoms with E-state index in [9.17, 15) is 9.90 Å². The van der Waals surface area contributed by atoms with Gasteiger partial charge in [-0.2, -0.15) is 0 Å². The van der Waals surface area contributed by atoms with Crippen molar-refractivity contribution in [1.82, 2.24) is 4.90 Å². The molecule has 1 heterocycles. The van der Waals surface area contributed by atoms with Crippen molar-refractivity contribution in [2.45, 2.75) is 57.5 Å². The third kappa shape index (κ3) is 4.18. The van der Waals surface area contributed by atoms with E-state index in [4.69, 9.17) is 5.11 Å². The first-order valence-electron chi connectivity index (χ1n) is 7.66. The molecule has 2 aliphatic rings. The molecule has 110 valence electrons. The number of β-amino-alcohol motifs (C(OH)–C–C–N with tert-alkyl or cyclic N) is 1. The average molecular weight is 269 g/mol. The number of rotatable bonds is 3. The van der Waals surface area contributed by atoms with E-state index in [1.165, 1.54) is 19.3 Å². The number of hydrogen-bond donors (Lipinski definition) is 2. The van der Waals surface area contributed by atoms with Crippen LogP contribution in [0.15, 0.2) is 0 Å². The summed E-state index contributed by atoms with van der Waals surface area (Å²) in [4.78, 5) is 13.3. The molecule has 0 aromatic carbocycles. The van der Waals surface area contributed by atoms with E-state index < -0.39 is 11.6 Å². The molecule has 0 radical (unpaired) electrons. The molecule has 19 heavy (non-hydrogen) atoms. The Kier molecular flexibility index (Phi) is 4.85. The lowest BCUT2D eigenvalue weighted by Gasteiger charge is -2.38. The van der Waals surface area contributed by atoms with E-state index in [0.717, 1.165) is 25.6 Å². The molecule has 1 saturated carbocycles. The molecule has 2 fully saturated rings. The van der Waals surface area contributed by atoms with E-state index in [2.05, 4.69) is 11.8 Å². The maximum atomic E-state index is 10.9. The summed E-state index contributed by atoms with van der Waals surface area (Å²) in [5.41, 5.74) is -0.653. The highest BCUT2D eigenvalue weighted by atomic mass is 16.4. The highest BCUT2D eigenvalue weighted by Crippen LogP contribution is 2.33. The van der Waals surface area contributed by atoms with E-state index in [1.807, 2.05) is 0 Å². The van der Waals surface area contributed by atoms with Gasteiger partial charge in [0.25, 0.3) is 0 Å². The van der Waals surface area contributed by atoms with Gasteiger partial charge in [-0.1, -0.05) is 6.92 Å². The summed E-state index contributed by atoms with van der Waals surface area (Å²) in [5.74, 6) is -0.155. The summed E-state index contributed by atoms with van der Waals surface area (Å²) in [5, 5.41) is 19.7. The number of aliphatic hydroxyl groups is 1. The van der Waals surface area contributed by atoms with Gasteiger partial charge in [-0.25, -0.2) is 0 Å². The van der Waals surface area contributed by atoms with Gasteiger partial charge >= 0.3 is 5.97 Å². The lowest BCUT2D eigenvalue weighted by atomic mass is 9.78. The van der Waals surface area contributed by atoms with Crippen LogP contribution in [-0.4, -0.2) is 46.3 Å². The summed E-state index contributed by atoms with van der Waals surface area (Å²) < 4.78 is 0. The monoisotopic (exact) mass is 269 g/mol. The van der Waals surface area contributed by atoms with Crippen LogP contribution in [0, 0.1) is 11.8 Å². The Morgan fingerprint density at radius 1 is 1.21 bits per heavy atom. The molecule has 2 N–H and O–H groups in total. The largest absolute Gasteiger partial charge is 0.481 e. The second-order valence-corrected chi connectivity index (χ2v) is 6.65. The fourth-order valence-electron chi connectivity index (χ4n) is 3.46. The smallest absolute Gasteiger partial charge is 0.306 e. The zero-order valence-electron chi connectivity index (χ0n) is 12.0. The van der Waals surface area contributed by atoms with Gasteiger partial charge in [-0.15, -0.1) is 0 Å². The van der Waals surface area contributed by atoms with E-state index in [-0.39, 0.29) is 5.92 Å². The molecule has 4 nitrogen and oxygen atoms in total. The molecule has 2 rings (SSSR count). The van der Waals surface area contributed by atoms with E-state index in [0.29, 0.717) is 25.7 Å². The highest BCUT2D eigenvalue weighted by molar-refractivity contribution is 5.70. The fourth-order valence-corrected chi connectivity index (χ4v) is 3.46. The van der Waals surface area contributed by atoms with Gasteiger partial charge in [-0.3, -0.25) is 4.79 Å². The van der Waals surface area contributed by atoms with Crippen molar-refractivity contribution in [2.75, 3.05) is 19.6 Å². The van der Waals surface area contributed by atoms with Crippen molar-refractivity contribution in [2.24, 2.45) is 11.8 Å².